The number of aliphatic hydroxyl groups is 1. The third kappa shape index (κ3) is 2.71. The largest absolute Gasteiger partial charge is 0.393 e. The lowest BCUT2D eigenvalue weighted by molar-refractivity contribution is -0.297. The molecule has 2 N–H and O–H groups in total. The highest BCUT2D eigenvalue weighted by molar-refractivity contribution is 5.30. The lowest BCUT2D eigenvalue weighted by Gasteiger charge is -2.63. The molecule has 3 unspecified atom stereocenters. The normalized spacial score (nSPS) is 52.7. The molecule has 5 aliphatic rings. The summed E-state index contributed by atoms with van der Waals surface area (Å²) in [5.74, 6) is 2.77. The molecule has 3 heteroatoms. The van der Waals surface area contributed by atoms with Crippen LogP contribution in [0.15, 0.2) is 12.2 Å². The van der Waals surface area contributed by atoms with E-state index in [-0.39, 0.29) is 11.5 Å². The van der Waals surface area contributed by atoms with Crippen LogP contribution >= 0.6 is 0 Å². The van der Waals surface area contributed by atoms with E-state index in [1.807, 2.05) is 13.8 Å². The standard InChI is InChI=1S/C29H48O3/c1-19(10-13-24(2,3)32-31)20-11-14-27(7)22-9-8-21-25(4,5)23(30)12-15-28(21)18-29(22,28)17-16-26(20,27)6/h10,13,19-23,30-31H,8-9,11-12,14-18H2,1-7H3/b13-10+/t19-,20-,21?,22?,23+,26-,27+,28-,29?/m1/s1. The van der Waals surface area contributed by atoms with Gasteiger partial charge in [0.25, 0.3) is 0 Å². The van der Waals surface area contributed by atoms with Gasteiger partial charge >= 0.3 is 0 Å². The molecule has 5 saturated carbocycles. The Labute approximate surface area is 196 Å². The van der Waals surface area contributed by atoms with Crippen molar-refractivity contribution in [2.45, 2.75) is 118 Å². The van der Waals surface area contributed by atoms with Gasteiger partial charge in [-0.25, -0.2) is 4.89 Å². The molecule has 0 heterocycles. The van der Waals surface area contributed by atoms with Gasteiger partial charge in [-0.15, -0.1) is 0 Å². The van der Waals surface area contributed by atoms with Gasteiger partial charge in [-0.1, -0.05) is 46.8 Å². The zero-order valence-electron chi connectivity index (χ0n) is 21.7. The van der Waals surface area contributed by atoms with Gasteiger partial charge in [0, 0.05) is 0 Å². The van der Waals surface area contributed by atoms with E-state index in [0.29, 0.717) is 39.4 Å². The molecule has 9 atom stereocenters. The van der Waals surface area contributed by atoms with E-state index >= 15 is 0 Å². The molecule has 5 rings (SSSR count). The lowest BCUT2D eigenvalue weighted by atomic mass is 9.42. The van der Waals surface area contributed by atoms with Gasteiger partial charge in [-0.2, -0.15) is 0 Å². The second-order valence-electron chi connectivity index (χ2n) is 14.4. The summed E-state index contributed by atoms with van der Waals surface area (Å²) in [5, 5.41) is 20.0. The van der Waals surface area contributed by atoms with Crippen LogP contribution in [0.3, 0.4) is 0 Å². The molecule has 0 aromatic carbocycles. The van der Waals surface area contributed by atoms with Crippen molar-refractivity contribution < 1.29 is 15.3 Å². The Morgan fingerprint density at radius 1 is 0.875 bits per heavy atom. The van der Waals surface area contributed by atoms with Gasteiger partial charge in [0.1, 0.15) is 5.60 Å². The maximum absolute atomic E-state index is 10.8. The molecule has 3 nitrogen and oxygen atoms in total. The van der Waals surface area contributed by atoms with Crippen LogP contribution in [0.2, 0.25) is 0 Å². The minimum Gasteiger partial charge on any atom is -0.393 e. The quantitative estimate of drug-likeness (QED) is 0.273. The van der Waals surface area contributed by atoms with Gasteiger partial charge < -0.3 is 5.11 Å². The highest BCUT2D eigenvalue weighted by Crippen LogP contribution is 2.89. The van der Waals surface area contributed by atoms with E-state index in [2.05, 4.69) is 51.7 Å². The summed E-state index contributed by atoms with van der Waals surface area (Å²) in [4.78, 5) is 4.66. The fourth-order valence-corrected chi connectivity index (χ4v) is 10.8. The smallest absolute Gasteiger partial charge is 0.116 e. The van der Waals surface area contributed by atoms with Gasteiger partial charge in [0.15, 0.2) is 0 Å². The fourth-order valence-electron chi connectivity index (χ4n) is 10.8. The summed E-state index contributed by atoms with van der Waals surface area (Å²) >= 11 is 0. The zero-order valence-corrected chi connectivity index (χ0v) is 21.7. The molecule has 0 aliphatic heterocycles. The fraction of sp³-hybridized carbons (Fsp3) is 0.931. The first-order valence-corrected chi connectivity index (χ1v) is 13.5. The third-order valence-electron chi connectivity index (χ3n) is 12.8. The van der Waals surface area contributed by atoms with Crippen LogP contribution in [0.1, 0.15) is 106 Å². The van der Waals surface area contributed by atoms with Crippen LogP contribution in [0, 0.1) is 50.7 Å². The second-order valence-corrected chi connectivity index (χ2v) is 14.4. The number of fused-ring (bicyclic) bond motifs is 2. The van der Waals surface area contributed by atoms with Gasteiger partial charge in [-0.05, 0) is 122 Å². The van der Waals surface area contributed by atoms with Gasteiger partial charge in [0.05, 0.1) is 6.10 Å². The first kappa shape index (κ1) is 23.4. The van der Waals surface area contributed by atoms with E-state index in [0.717, 1.165) is 12.3 Å². The molecule has 0 aromatic rings. The molecule has 5 aliphatic carbocycles. The van der Waals surface area contributed by atoms with Crippen molar-refractivity contribution in [3.63, 3.8) is 0 Å². The summed E-state index contributed by atoms with van der Waals surface area (Å²) in [6, 6.07) is 0. The van der Waals surface area contributed by atoms with E-state index < -0.39 is 5.60 Å². The van der Waals surface area contributed by atoms with Crippen LogP contribution in [0.5, 0.6) is 0 Å². The minimum absolute atomic E-state index is 0.0769. The monoisotopic (exact) mass is 444 g/mol. The van der Waals surface area contributed by atoms with Crippen molar-refractivity contribution in [3.05, 3.63) is 12.2 Å². The molecule has 0 amide bonds. The summed E-state index contributed by atoms with van der Waals surface area (Å²) in [6.07, 6.45) is 16.1. The Morgan fingerprint density at radius 3 is 2.22 bits per heavy atom. The minimum atomic E-state index is -0.620. The Morgan fingerprint density at radius 2 is 1.53 bits per heavy atom. The maximum Gasteiger partial charge on any atom is 0.116 e. The Kier molecular flexibility index (Phi) is 5.00. The van der Waals surface area contributed by atoms with Crippen LogP contribution in [0.4, 0.5) is 0 Å². The van der Waals surface area contributed by atoms with Crippen LogP contribution < -0.4 is 0 Å². The van der Waals surface area contributed by atoms with Crippen molar-refractivity contribution in [2.75, 3.05) is 0 Å². The molecule has 0 aromatic heterocycles. The Bertz CT molecular complexity index is 800. The van der Waals surface area contributed by atoms with Crippen molar-refractivity contribution in [1.29, 1.82) is 0 Å². The highest BCUT2D eigenvalue weighted by Gasteiger charge is 2.82. The number of allylic oxidation sites excluding steroid dienone is 1. The average Bonchev–Trinajstić information content (AvgIpc) is 3.32. The van der Waals surface area contributed by atoms with Crippen LogP contribution in [-0.2, 0) is 4.89 Å². The first-order chi connectivity index (χ1) is 14.8. The maximum atomic E-state index is 10.8. The van der Waals surface area contributed by atoms with Gasteiger partial charge in [-0.3, -0.25) is 5.26 Å². The van der Waals surface area contributed by atoms with Crippen molar-refractivity contribution in [3.8, 4) is 0 Å². The summed E-state index contributed by atoms with van der Waals surface area (Å²) in [5.41, 5.74) is 1.35. The van der Waals surface area contributed by atoms with E-state index in [4.69, 9.17) is 0 Å². The third-order valence-corrected chi connectivity index (χ3v) is 12.8. The highest BCUT2D eigenvalue weighted by atomic mass is 17.1. The van der Waals surface area contributed by atoms with E-state index in [1.165, 1.54) is 51.4 Å². The zero-order chi connectivity index (χ0) is 23.4. The number of rotatable bonds is 4. The molecule has 182 valence electrons. The van der Waals surface area contributed by atoms with Crippen molar-refractivity contribution >= 4 is 0 Å². The Balaban J connectivity index is 1.43. The number of aliphatic hydroxyl groups excluding tert-OH is 1. The van der Waals surface area contributed by atoms with Crippen LogP contribution in [0.25, 0.3) is 0 Å². The summed E-state index contributed by atoms with van der Waals surface area (Å²) in [7, 11) is 0. The average molecular weight is 445 g/mol. The molecule has 0 radical (unpaired) electrons. The lowest BCUT2D eigenvalue weighted by Crippen LogP contribution is -2.57. The second kappa shape index (κ2) is 6.85. The van der Waals surface area contributed by atoms with E-state index in [9.17, 15) is 10.4 Å². The molecule has 2 spiro atoms. The topological polar surface area (TPSA) is 49.7 Å². The molecular formula is C29H48O3. The predicted molar refractivity (Wildman–Crippen MR) is 129 cm³/mol. The number of hydrogen-bond donors (Lipinski definition) is 2. The predicted octanol–water partition coefficient (Wildman–Crippen LogP) is 7.25. The van der Waals surface area contributed by atoms with Crippen LogP contribution in [-0.4, -0.2) is 22.1 Å². The van der Waals surface area contributed by atoms with E-state index in [1.54, 1.807) is 0 Å². The number of hydrogen-bond acceptors (Lipinski definition) is 3. The first-order valence-electron chi connectivity index (χ1n) is 13.5. The summed E-state index contributed by atoms with van der Waals surface area (Å²) < 4.78 is 0. The van der Waals surface area contributed by atoms with Crippen molar-refractivity contribution in [2.24, 2.45) is 50.7 Å². The van der Waals surface area contributed by atoms with Crippen molar-refractivity contribution in [1.82, 2.24) is 0 Å². The molecular weight excluding hydrogens is 396 g/mol. The SMILES string of the molecule is C[C@H](/C=C/C(C)(C)OO)[C@H]1CC[C@@]2(C)C3CCC4C(C)(C)[C@@H](O)CC[C@@]45CC35CC[C@]12C. The molecule has 0 saturated heterocycles. The molecule has 0 bridgehead atoms. The summed E-state index contributed by atoms with van der Waals surface area (Å²) in [6.45, 7) is 16.2. The molecule has 5 fully saturated rings. The van der Waals surface area contributed by atoms with Gasteiger partial charge in [0.2, 0.25) is 0 Å². The molecule has 32 heavy (non-hydrogen) atoms. The Hall–Kier alpha value is -0.380.